The van der Waals surface area contributed by atoms with Gasteiger partial charge in [0, 0.05) is 5.02 Å². The summed E-state index contributed by atoms with van der Waals surface area (Å²) in [6.45, 7) is 1.92. The lowest BCUT2D eigenvalue weighted by atomic mass is 10.1. The van der Waals surface area contributed by atoms with E-state index in [0.717, 1.165) is 16.4 Å². The molecule has 1 fully saturated rings. The van der Waals surface area contributed by atoms with E-state index in [9.17, 15) is 4.79 Å². The lowest BCUT2D eigenvalue weighted by Gasteiger charge is -2.29. The van der Waals surface area contributed by atoms with Crippen molar-refractivity contribution >= 4 is 40.1 Å². The normalized spacial score (nSPS) is 23.2. The first-order chi connectivity index (χ1) is 11.1. The summed E-state index contributed by atoms with van der Waals surface area (Å²) in [5, 5.41) is 7.92. The molecule has 0 aromatic heterocycles. The van der Waals surface area contributed by atoms with Crippen molar-refractivity contribution < 1.29 is 4.79 Å². The first-order valence-electron chi connectivity index (χ1n) is 7.33. The summed E-state index contributed by atoms with van der Waals surface area (Å²) in [6.07, 6.45) is -0.269. The predicted molar refractivity (Wildman–Crippen MR) is 94.4 cm³/mol. The highest BCUT2D eigenvalue weighted by Gasteiger charge is 2.47. The van der Waals surface area contributed by atoms with Crippen molar-refractivity contribution in [3.05, 3.63) is 65.2 Å². The fourth-order valence-electron chi connectivity index (χ4n) is 2.81. The van der Waals surface area contributed by atoms with Gasteiger partial charge in [0.25, 0.3) is 0 Å². The number of carbonyl (C=O) groups excluding carboxylic acids is 1. The molecule has 0 saturated carbocycles. The van der Waals surface area contributed by atoms with Crippen LogP contribution in [0.5, 0.6) is 0 Å². The molecular weight excluding hydrogens is 330 g/mol. The second-order valence-corrected chi connectivity index (χ2v) is 7.20. The minimum atomic E-state index is -0.269. The van der Waals surface area contributed by atoms with Crippen molar-refractivity contribution in [3.8, 4) is 0 Å². The van der Waals surface area contributed by atoms with E-state index in [4.69, 9.17) is 11.6 Å². The highest BCUT2D eigenvalue weighted by atomic mass is 35.5. The van der Waals surface area contributed by atoms with E-state index < -0.39 is 0 Å². The molecule has 2 aliphatic heterocycles. The van der Waals surface area contributed by atoms with E-state index in [1.54, 1.807) is 4.90 Å². The first kappa shape index (κ1) is 14.6. The maximum atomic E-state index is 12.6. The van der Waals surface area contributed by atoms with Crippen molar-refractivity contribution in [3.63, 3.8) is 0 Å². The Morgan fingerprint density at radius 2 is 1.78 bits per heavy atom. The molecule has 2 aromatic carbocycles. The second kappa shape index (κ2) is 5.58. The van der Waals surface area contributed by atoms with Crippen LogP contribution in [0.15, 0.2) is 59.7 Å². The number of hydrogen-bond donors (Lipinski definition) is 0. The third-order valence-electron chi connectivity index (χ3n) is 3.93. The molecule has 6 heteroatoms. The summed E-state index contributed by atoms with van der Waals surface area (Å²) < 4.78 is 0. The van der Waals surface area contributed by atoms with Gasteiger partial charge in [-0.2, -0.15) is 0 Å². The van der Waals surface area contributed by atoms with Crippen molar-refractivity contribution in [1.82, 2.24) is 4.90 Å². The molecule has 0 spiro atoms. The first-order valence-corrected chi connectivity index (χ1v) is 8.59. The average molecular weight is 344 g/mol. The number of hydrogen-bond acceptors (Lipinski definition) is 4. The zero-order chi connectivity index (χ0) is 16.0. The largest absolute Gasteiger partial charge is 0.273 e. The van der Waals surface area contributed by atoms with E-state index in [0.29, 0.717) is 5.02 Å². The second-order valence-electron chi connectivity index (χ2n) is 5.46. The van der Waals surface area contributed by atoms with Crippen LogP contribution in [0.1, 0.15) is 18.7 Å². The number of halogens is 1. The van der Waals surface area contributed by atoms with E-state index >= 15 is 0 Å². The number of fused-ring (bicyclic) bond motifs is 1. The molecule has 1 saturated heterocycles. The number of para-hydroxylation sites is 1. The Kier molecular flexibility index (Phi) is 3.54. The van der Waals surface area contributed by atoms with Crippen LogP contribution in [0, 0.1) is 0 Å². The zero-order valence-electron chi connectivity index (χ0n) is 12.4. The number of anilines is 1. The van der Waals surface area contributed by atoms with Crippen molar-refractivity contribution in [1.29, 1.82) is 0 Å². The lowest BCUT2D eigenvalue weighted by molar-refractivity contribution is -0.127. The quantitative estimate of drug-likeness (QED) is 0.823. The van der Waals surface area contributed by atoms with Gasteiger partial charge in [-0.1, -0.05) is 53.7 Å². The molecule has 2 atom stereocenters. The highest BCUT2D eigenvalue weighted by Crippen LogP contribution is 2.43. The molecule has 0 radical (unpaired) electrons. The molecule has 2 unspecified atom stereocenters. The molecule has 4 nitrogen and oxygen atoms in total. The van der Waals surface area contributed by atoms with Gasteiger partial charge in [-0.25, -0.2) is 5.01 Å². The standard InChI is InChI=1S/C17H14ClN3OS/c1-11-16(22)20-15(12-7-9-13(18)10-8-12)21(19-17(20)23-11)14-5-3-2-4-6-14/h2-11,15H,1H3. The summed E-state index contributed by atoms with van der Waals surface area (Å²) >= 11 is 7.51. The van der Waals surface area contributed by atoms with Gasteiger partial charge in [-0.05, 0) is 36.8 Å². The molecule has 0 bridgehead atoms. The van der Waals surface area contributed by atoms with Crippen LogP contribution in [0.3, 0.4) is 0 Å². The summed E-state index contributed by atoms with van der Waals surface area (Å²) in [5.74, 6) is 0.0899. The third kappa shape index (κ3) is 2.40. The van der Waals surface area contributed by atoms with Gasteiger partial charge >= 0.3 is 0 Å². The number of hydrazone groups is 1. The zero-order valence-corrected chi connectivity index (χ0v) is 14.0. The van der Waals surface area contributed by atoms with Crippen LogP contribution in [0.25, 0.3) is 0 Å². The lowest BCUT2D eigenvalue weighted by Crippen LogP contribution is -2.37. The monoisotopic (exact) mass is 343 g/mol. The van der Waals surface area contributed by atoms with Crippen LogP contribution in [0.4, 0.5) is 5.69 Å². The number of nitrogens with zero attached hydrogens (tertiary/aromatic N) is 3. The smallest absolute Gasteiger partial charge is 0.243 e. The molecule has 0 N–H and O–H groups in total. The van der Waals surface area contributed by atoms with Crippen molar-refractivity contribution in [2.45, 2.75) is 18.3 Å². The van der Waals surface area contributed by atoms with E-state index in [-0.39, 0.29) is 17.3 Å². The van der Waals surface area contributed by atoms with E-state index in [2.05, 4.69) is 5.10 Å². The fourth-order valence-corrected chi connectivity index (χ4v) is 3.91. The molecule has 2 heterocycles. The highest BCUT2D eigenvalue weighted by molar-refractivity contribution is 8.15. The Bertz CT molecular complexity index is 778. The maximum absolute atomic E-state index is 12.6. The van der Waals surface area contributed by atoms with Crippen LogP contribution >= 0.6 is 23.4 Å². The Morgan fingerprint density at radius 1 is 1.09 bits per heavy atom. The molecule has 1 amide bonds. The molecule has 0 aliphatic carbocycles. The van der Waals surface area contributed by atoms with Crippen LogP contribution < -0.4 is 5.01 Å². The Labute approximate surface area is 143 Å². The van der Waals surface area contributed by atoms with Crippen molar-refractivity contribution in [2.75, 3.05) is 5.01 Å². The van der Waals surface area contributed by atoms with Gasteiger partial charge in [-0.3, -0.25) is 9.69 Å². The predicted octanol–water partition coefficient (Wildman–Crippen LogP) is 4.09. The van der Waals surface area contributed by atoms with Gasteiger partial charge in [-0.15, -0.1) is 5.10 Å². The summed E-state index contributed by atoms with van der Waals surface area (Å²) in [4.78, 5) is 14.4. The number of thioether (sulfide) groups is 1. The number of benzene rings is 2. The van der Waals surface area contributed by atoms with E-state index in [1.165, 1.54) is 11.8 Å². The number of carbonyl (C=O) groups is 1. The van der Waals surface area contributed by atoms with Gasteiger partial charge in [0.15, 0.2) is 11.3 Å². The molecule has 23 heavy (non-hydrogen) atoms. The average Bonchev–Trinajstić information content (AvgIpc) is 3.06. The minimum absolute atomic E-state index is 0.0899. The van der Waals surface area contributed by atoms with Gasteiger partial charge in [0.2, 0.25) is 5.91 Å². The van der Waals surface area contributed by atoms with Crippen LogP contribution in [-0.2, 0) is 4.79 Å². The van der Waals surface area contributed by atoms with Gasteiger partial charge < -0.3 is 0 Å². The van der Waals surface area contributed by atoms with Crippen LogP contribution in [-0.4, -0.2) is 21.2 Å². The fraction of sp³-hybridized carbons (Fsp3) is 0.176. The van der Waals surface area contributed by atoms with Gasteiger partial charge in [0.05, 0.1) is 10.9 Å². The molecule has 4 rings (SSSR count). The van der Waals surface area contributed by atoms with E-state index in [1.807, 2.05) is 66.5 Å². The van der Waals surface area contributed by atoms with Crippen LogP contribution in [0.2, 0.25) is 5.02 Å². The SMILES string of the molecule is CC1SC2=NN(c3ccccc3)C(c3ccc(Cl)cc3)N2C1=O. The Balaban J connectivity index is 1.81. The summed E-state index contributed by atoms with van der Waals surface area (Å²) in [5.41, 5.74) is 1.94. The topological polar surface area (TPSA) is 35.9 Å². The minimum Gasteiger partial charge on any atom is -0.273 e. The summed E-state index contributed by atoms with van der Waals surface area (Å²) in [7, 11) is 0. The number of amides is 1. The Morgan fingerprint density at radius 3 is 2.48 bits per heavy atom. The molecule has 116 valence electrons. The molecule has 2 aromatic rings. The maximum Gasteiger partial charge on any atom is 0.243 e. The number of rotatable bonds is 2. The molecular formula is C17H14ClN3OS. The molecule has 2 aliphatic rings. The van der Waals surface area contributed by atoms with Crippen molar-refractivity contribution in [2.24, 2.45) is 5.10 Å². The number of amidine groups is 1. The van der Waals surface area contributed by atoms with Gasteiger partial charge in [0.1, 0.15) is 0 Å². The third-order valence-corrected chi connectivity index (χ3v) is 5.23. The summed E-state index contributed by atoms with van der Waals surface area (Å²) in [6, 6.07) is 17.5. The Hall–Kier alpha value is -1.98.